The van der Waals surface area contributed by atoms with Crippen molar-refractivity contribution >= 4 is 23.2 Å². The van der Waals surface area contributed by atoms with Crippen LogP contribution in [0.25, 0.3) is 0 Å². The highest BCUT2D eigenvalue weighted by Crippen LogP contribution is 2.34. The Morgan fingerprint density at radius 1 is 1.00 bits per heavy atom. The Morgan fingerprint density at radius 2 is 1.57 bits per heavy atom. The number of ether oxygens (including phenoxy) is 1. The topological polar surface area (TPSA) is 35.2 Å². The van der Waals surface area contributed by atoms with Gasteiger partial charge >= 0.3 is 6.36 Å². The van der Waals surface area contributed by atoms with E-state index >= 15 is 0 Å². The number of halogens is 5. The molecule has 2 aromatic rings. The Labute approximate surface area is 129 Å². The van der Waals surface area contributed by atoms with Gasteiger partial charge in [-0.3, -0.25) is 0 Å². The van der Waals surface area contributed by atoms with Crippen LogP contribution < -0.4 is 10.5 Å². The van der Waals surface area contributed by atoms with Gasteiger partial charge in [-0.05, 0) is 29.8 Å². The van der Waals surface area contributed by atoms with Crippen LogP contribution in [-0.2, 0) is 0 Å². The summed E-state index contributed by atoms with van der Waals surface area (Å²) < 4.78 is 40.6. The molecule has 0 aliphatic carbocycles. The number of benzene rings is 2. The van der Waals surface area contributed by atoms with Crippen LogP contribution in [0.5, 0.6) is 5.75 Å². The molecule has 7 heteroatoms. The molecule has 0 fully saturated rings. The molecule has 1 atom stereocenters. The molecule has 112 valence electrons. The Morgan fingerprint density at radius 3 is 2.14 bits per heavy atom. The second kappa shape index (κ2) is 6.13. The van der Waals surface area contributed by atoms with Gasteiger partial charge in [-0.25, -0.2) is 0 Å². The quantitative estimate of drug-likeness (QED) is 0.862. The fourth-order valence-corrected chi connectivity index (χ4v) is 2.51. The van der Waals surface area contributed by atoms with Crippen LogP contribution in [0, 0.1) is 0 Å². The Kier molecular flexibility index (Phi) is 4.66. The molecular formula is C14H10Cl2F3NO. The number of hydrogen-bond donors (Lipinski definition) is 1. The molecule has 0 bridgehead atoms. The van der Waals surface area contributed by atoms with E-state index in [0.717, 1.165) is 0 Å². The van der Waals surface area contributed by atoms with Crippen LogP contribution in [0.1, 0.15) is 17.2 Å². The van der Waals surface area contributed by atoms with Crippen LogP contribution in [0.3, 0.4) is 0 Å². The summed E-state index contributed by atoms with van der Waals surface area (Å²) >= 11 is 12.1. The second-order valence-electron chi connectivity index (χ2n) is 4.23. The van der Waals surface area contributed by atoms with Gasteiger partial charge in [0.15, 0.2) is 0 Å². The highest BCUT2D eigenvalue weighted by molar-refractivity contribution is 6.36. The zero-order valence-electron chi connectivity index (χ0n) is 10.5. The van der Waals surface area contributed by atoms with Crippen molar-refractivity contribution in [2.45, 2.75) is 12.4 Å². The number of alkyl halides is 3. The molecule has 0 heterocycles. The summed E-state index contributed by atoms with van der Waals surface area (Å²) in [4.78, 5) is 0. The van der Waals surface area contributed by atoms with Gasteiger partial charge in [0.1, 0.15) is 5.75 Å². The van der Waals surface area contributed by atoms with E-state index < -0.39 is 12.4 Å². The van der Waals surface area contributed by atoms with E-state index in [-0.39, 0.29) is 5.75 Å². The molecule has 21 heavy (non-hydrogen) atoms. The molecule has 2 rings (SSSR count). The maximum Gasteiger partial charge on any atom is 0.573 e. The molecule has 0 aliphatic rings. The van der Waals surface area contributed by atoms with Crippen LogP contribution in [0.15, 0.2) is 42.5 Å². The van der Waals surface area contributed by atoms with E-state index in [1.807, 2.05) is 0 Å². The van der Waals surface area contributed by atoms with Gasteiger partial charge in [-0.1, -0.05) is 41.4 Å². The van der Waals surface area contributed by atoms with Crippen molar-refractivity contribution in [3.8, 4) is 5.75 Å². The van der Waals surface area contributed by atoms with Crippen LogP contribution in [-0.4, -0.2) is 6.36 Å². The summed E-state index contributed by atoms with van der Waals surface area (Å²) in [5.74, 6) is -0.348. The fourth-order valence-electron chi connectivity index (χ4n) is 1.88. The Hall–Kier alpha value is -1.43. The third-order valence-electron chi connectivity index (χ3n) is 2.76. The van der Waals surface area contributed by atoms with Crippen molar-refractivity contribution in [2.75, 3.05) is 0 Å². The first-order valence-corrected chi connectivity index (χ1v) is 6.59. The standard InChI is InChI=1S/C14H10Cl2F3NO/c15-10-5-2-6-11(16)12(10)13(20)8-3-1-4-9(7-8)21-14(17,18)19/h1-7,13H,20H2. The van der Waals surface area contributed by atoms with E-state index in [1.165, 1.54) is 18.2 Å². The monoisotopic (exact) mass is 335 g/mol. The average Bonchev–Trinajstić information content (AvgIpc) is 2.36. The molecule has 2 aromatic carbocycles. The van der Waals surface area contributed by atoms with Crippen LogP contribution in [0.4, 0.5) is 13.2 Å². The van der Waals surface area contributed by atoms with Crippen LogP contribution in [0.2, 0.25) is 10.0 Å². The van der Waals surface area contributed by atoms with Gasteiger partial charge in [0.05, 0.1) is 6.04 Å². The summed E-state index contributed by atoms with van der Waals surface area (Å²) in [6.07, 6.45) is -4.76. The molecule has 0 aromatic heterocycles. The minimum absolute atomic E-state index is 0.345. The first kappa shape index (κ1) is 15.9. The number of nitrogens with two attached hydrogens (primary N) is 1. The van der Waals surface area contributed by atoms with E-state index in [2.05, 4.69) is 4.74 Å². The minimum atomic E-state index is -4.76. The highest BCUT2D eigenvalue weighted by atomic mass is 35.5. The fraction of sp³-hybridized carbons (Fsp3) is 0.143. The Balaban J connectivity index is 2.36. The Bertz CT molecular complexity index is 626. The van der Waals surface area contributed by atoms with Crippen molar-refractivity contribution in [1.82, 2.24) is 0 Å². The largest absolute Gasteiger partial charge is 0.573 e. The van der Waals surface area contributed by atoms with E-state index in [4.69, 9.17) is 28.9 Å². The summed E-state index contributed by atoms with van der Waals surface area (Å²) in [7, 11) is 0. The van der Waals surface area contributed by atoms with Gasteiger partial charge in [-0.15, -0.1) is 13.2 Å². The van der Waals surface area contributed by atoms with Crippen molar-refractivity contribution in [3.63, 3.8) is 0 Å². The lowest BCUT2D eigenvalue weighted by Crippen LogP contribution is -2.18. The molecule has 1 unspecified atom stereocenters. The van der Waals surface area contributed by atoms with Crippen molar-refractivity contribution < 1.29 is 17.9 Å². The first-order valence-electron chi connectivity index (χ1n) is 5.83. The van der Waals surface area contributed by atoms with Crippen LogP contribution >= 0.6 is 23.2 Å². The number of hydrogen-bond acceptors (Lipinski definition) is 2. The van der Waals surface area contributed by atoms with Gasteiger partial charge in [-0.2, -0.15) is 0 Å². The minimum Gasteiger partial charge on any atom is -0.406 e. The second-order valence-corrected chi connectivity index (χ2v) is 5.05. The third kappa shape index (κ3) is 4.03. The third-order valence-corrected chi connectivity index (χ3v) is 3.42. The van der Waals surface area contributed by atoms with Gasteiger partial charge < -0.3 is 10.5 Å². The maximum absolute atomic E-state index is 12.2. The lowest BCUT2D eigenvalue weighted by Gasteiger charge is -2.17. The predicted molar refractivity (Wildman–Crippen MR) is 75.6 cm³/mol. The summed E-state index contributed by atoms with van der Waals surface area (Å²) in [5, 5.41) is 0.689. The summed E-state index contributed by atoms with van der Waals surface area (Å²) in [5.41, 5.74) is 6.90. The highest BCUT2D eigenvalue weighted by Gasteiger charge is 2.31. The summed E-state index contributed by atoms with van der Waals surface area (Å²) in [6, 6.07) is 9.51. The van der Waals surface area contributed by atoms with Crippen molar-refractivity contribution in [1.29, 1.82) is 0 Å². The zero-order valence-corrected chi connectivity index (χ0v) is 12.0. The lowest BCUT2D eigenvalue weighted by molar-refractivity contribution is -0.274. The van der Waals surface area contributed by atoms with E-state index in [9.17, 15) is 13.2 Å². The van der Waals surface area contributed by atoms with Gasteiger partial charge in [0.25, 0.3) is 0 Å². The molecular weight excluding hydrogens is 326 g/mol. The SMILES string of the molecule is NC(c1cccc(OC(F)(F)F)c1)c1c(Cl)cccc1Cl. The maximum atomic E-state index is 12.2. The first-order chi connectivity index (χ1) is 9.78. The van der Waals surface area contributed by atoms with Crippen molar-refractivity contribution in [3.05, 3.63) is 63.6 Å². The van der Waals surface area contributed by atoms with Crippen molar-refractivity contribution in [2.24, 2.45) is 5.73 Å². The lowest BCUT2D eigenvalue weighted by atomic mass is 9.99. The molecule has 2 N–H and O–H groups in total. The van der Waals surface area contributed by atoms with Gasteiger partial charge in [0, 0.05) is 15.6 Å². The normalized spacial score (nSPS) is 13.0. The number of rotatable bonds is 3. The smallest absolute Gasteiger partial charge is 0.406 e. The molecule has 2 nitrogen and oxygen atoms in total. The predicted octanol–water partition coefficient (Wildman–Crippen LogP) is 4.94. The molecule has 0 saturated carbocycles. The molecule has 0 spiro atoms. The average molecular weight is 336 g/mol. The molecule has 0 amide bonds. The molecule has 0 radical (unpaired) electrons. The zero-order chi connectivity index (χ0) is 15.6. The summed E-state index contributed by atoms with van der Waals surface area (Å²) in [6.45, 7) is 0. The van der Waals surface area contributed by atoms with Gasteiger partial charge in [0.2, 0.25) is 0 Å². The van der Waals surface area contributed by atoms with E-state index in [0.29, 0.717) is 21.2 Å². The van der Waals surface area contributed by atoms with E-state index in [1.54, 1.807) is 24.3 Å². The molecule has 0 saturated heterocycles. The molecule has 0 aliphatic heterocycles.